The molecule has 17 heavy (non-hydrogen) atoms. The van der Waals surface area contributed by atoms with Gasteiger partial charge in [0, 0.05) is 6.07 Å². The number of nitrogens with zero attached hydrogens (tertiary/aromatic N) is 1. The molecule has 1 N–H and O–H groups in total. The molecule has 0 aliphatic carbocycles. The Kier molecular flexibility index (Phi) is 2.72. The van der Waals surface area contributed by atoms with E-state index in [9.17, 15) is 19.3 Å². The fourth-order valence-electron chi connectivity index (χ4n) is 1.40. The summed E-state index contributed by atoms with van der Waals surface area (Å²) in [6.07, 6.45) is 0. The third kappa shape index (κ3) is 1.73. The molecule has 88 valence electrons. The number of halogens is 2. The zero-order valence-electron chi connectivity index (χ0n) is 7.94. The summed E-state index contributed by atoms with van der Waals surface area (Å²) >= 11 is 6.29. The SMILES string of the molecule is O=C(O)c1sc2c([N+](=O)[O-])ccc(F)c2c1Cl. The van der Waals surface area contributed by atoms with E-state index < -0.39 is 16.7 Å². The first-order valence-corrected chi connectivity index (χ1v) is 5.41. The number of nitro benzene ring substituents is 1. The molecule has 1 aromatic heterocycles. The summed E-state index contributed by atoms with van der Waals surface area (Å²) in [6, 6.07) is 1.88. The second kappa shape index (κ2) is 3.94. The molecule has 0 atom stereocenters. The van der Waals surface area contributed by atoms with Gasteiger partial charge in [-0.2, -0.15) is 0 Å². The molecule has 0 radical (unpaired) electrons. The first-order valence-electron chi connectivity index (χ1n) is 4.21. The third-order valence-electron chi connectivity index (χ3n) is 2.10. The largest absolute Gasteiger partial charge is 0.477 e. The zero-order chi connectivity index (χ0) is 12.7. The highest BCUT2D eigenvalue weighted by atomic mass is 35.5. The fraction of sp³-hybridized carbons (Fsp3) is 0. The van der Waals surface area contributed by atoms with Crippen molar-refractivity contribution >= 4 is 44.7 Å². The lowest BCUT2D eigenvalue weighted by Gasteiger charge is -1.95. The second-order valence-corrected chi connectivity index (χ2v) is 4.48. The molecule has 0 bridgehead atoms. The lowest BCUT2D eigenvalue weighted by Crippen LogP contribution is -1.91. The van der Waals surface area contributed by atoms with E-state index in [2.05, 4.69) is 0 Å². The first-order chi connectivity index (χ1) is 7.93. The van der Waals surface area contributed by atoms with Gasteiger partial charge in [-0.3, -0.25) is 10.1 Å². The minimum Gasteiger partial charge on any atom is -0.477 e. The van der Waals surface area contributed by atoms with Gasteiger partial charge in [0.25, 0.3) is 5.69 Å². The third-order valence-corrected chi connectivity index (χ3v) is 3.79. The standard InChI is InChI=1S/C9H3ClFNO4S/c10-6-5-3(11)1-2-4(12(15)16)7(5)17-8(6)9(13)14/h1-2H,(H,13,14). The molecule has 0 aliphatic heterocycles. The van der Waals surface area contributed by atoms with E-state index in [1.807, 2.05) is 0 Å². The molecule has 0 saturated carbocycles. The maximum absolute atomic E-state index is 13.5. The molecule has 1 heterocycles. The second-order valence-electron chi connectivity index (χ2n) is 3.08. The number of aromatic carboxylic acids is 1. The molecule has 0 fully saturated rings. The van der Waals surface area contributed by atoms with Crippen LogP contribution >= 0.6 is 22.9 Å². The molecular formula is C9H3ClFNO4S. The number of fused-ring (bicyclic) bond motifs is 1. The Morgan fingerprint density at radius 2 is 2.18 bits per heavy atom. The number of non-ortho nitro benzene ring substituents is 1. The molecule has 0 unspecified atom stereocenters. The minimum atomic E-state index is -1.34. The Morgan fingerprint density at radius 1 is 1.53 bits per heavy atom. The van der Waals surface area contributed by atoms with Gasteiger partial charge in [-0.15, -0.1) is 11.3 Å². The lowest BCUT2D eigenvalue weighted by atomic mass is 10.2. The molecule has 2 aromatic rings. The Labute approximate surface area is 102 Å². The molecule has 5 nitrogen and oxygen atoms in total. The predicted octanol–water partition coefficient (Wildman–Crippen LogP) is 3.30. The van der Waals surface area contributed by atoms with Crippen molar-refractivity contribution in [2.75, 3.05) is 0 Å². The van der Waals surface area contributed by atoms with E-state index in [0.717, 1.165) is 12.1 Å². The maximum atomic E-state index is 13.5. The number of nitro groups is 1. The van der Waals surface area contributed by atoms with Gasteiger partial charge in [0.1, 0.15) is 15.4 Å². The number of carboxylic acids is 1. The number of rotatable bonds is 2. The van der Waals surface area contributed by atoms with Crippen molar-refractivity contribution in [2.24, 2.45) is 0 Å². The minimum absolute atomic E-state index is 0.0719. The van der Waals surface area contributed by atoms with Gasteiger partial charge < -0.3 is 5.11 Å². The Bertz CT molecular complexity index is 654. The van der Waals surface area contributed by atoms with Crippen molar-refractivity contribution < 1.29 is 19.2 Å². The Hall–Kier alpha value is -1.73. The summed E-state index contributed by atoms with van der Waals surface area (Å²) in [5.74, 6) is -2.12. The van der Waals surface area contributed by atoms with Crippen LogP contribution in [-0.2, 0) is 0 Å². The first kappa shape index (κ1) is 11.7. The van der Waals surface area contributed by atoms with Crippen LogP contribution in [0.2, 0.25) is 5.02 Å². The van der Waals surface area contributed by atoms with E-state index in [4.69, 9.17) is 16.7 Å². The summed E-state index contributed by atoms with van der Waals surface area (Å²) in [4.78, 5) is 20.5. The topological polar surface area (TPSA) is 80.4 Å². The van der Waals surface area contributed by atoms with Crippen molar-refractivity contribution in [1.29, 1.82) is 0 Å². The van der Waals surface area contributed by atoms with Gasteiger partial charge in [-0.25, -0.2) is 9.18 Å². The zero-order valence-corrected chi connectivity index (χ0v) is 9.51. The Balaban J connectivity index is 2.93. The number of carboxylic acid groups (broad SMARTS) is 1. The number of thiophene rings is 1. The quantitative estimate of drug-likeness (QED) is 0.673. The lowest BCUT2D eigenvalue weighted by molar-refractivity contribution is -0.382. The van der Waals surface area contributed by atoms with Crippen LogP contribution in [0.4, 0.5) is 10.1 Å². The van der Waals surface area contributed by atoms with Crippen LogP contribution in [0.15, 0.2) is 12.1 Å². The van der Waals surface area contributed by atoms with Crippen LogP contribution in [0.1, 0.15) is 9.67 Å². The van der Waals surface area contributed by atoms with Crippen LogP contribution in [0.3, 0.4) is 0 Å². The average Bonchev–Trinajstić information content (AvgIpc) is 2.57. The highest BCUT2D eigenvalue weighted by Gasteiger charge is 2.25. The van der Waals surface area contributed by atoms with Gasteiger partial charge in [0.2, 0.25) is 0 Å². The fourth-order valence-corrected chi connectivity index (χ4v) is 2.87. The van der Waals surface area contributed by atoms with E-state index in [1.54, 1.807) is 0 Å². The molecule has 1 aromatic carbocycles. The summed E-state index contributed by atoms with van der Waals surface area (Å²) in [5.41, 5.74) is -0.360. The monoisotopic (exact) mass is 275 g/mol. The van der Waals surface area contributed by atoms with Crippen LogP contribution in [-0.4, -0.2) is 16.0 Å². The van der Waals surface area contributed by atoms with Crippen LogP contribution in [0.5, 0.6) is 0 Å². The number of hydrogen-bond donors (Lipinski definition) is 1. The van der Waals surface area contributed by atoms with E-state index in [0.29, 0.717) is 11.3 Å². The molecule has 0 spiro atoms. The molecule has 0 amide bonds. The highest BCUT2D eigenvalue weighted by Crippen LogP contribution is 2.41. The van der Waals surface area contributed by atoms with Gasteiger partial charge in [0.15, 0.2) is 0 Å². The normalized spacial score (nSPS) is 10.7. The van der Waals surface area contributed by atoms with Gasteiger partial charge in [-0.05, 0) is 6.07 Å². The number of benzene rings is 1. The van der Waals surface area contributed by atoms with E-state index >= 15 is 0 Å². The molecule has 2 rings (SSSR count). The average molecular weight is 276 g/mol. The number of carbonyl (C=O) groups is 1. The summed E-state index contributed by atoms with van der Waals surface area (Å²) < 4.78 is 13.4. The van der Waals surface area contributed by atoms with Gasteiger partial charge >= 0.3 is 5.97 Å². The van der Waals surface area contributed by atoms with Crippen LogP contribution in [0, 0.1) is 15.9 Å². The molecule has 8 heteroatoms. The van der Waals surface area contributed by atoms with Crippen molar-refractivity contribution in [1.82, 2.24) is 0 Å². The summed E-state index contributed by atoms with van der Waals surface area (Å²) in [5, 5.41) is 19.0. The Morgan fingerprint density at radius 3 is 2.71 bits per heavy atom. The van der Waals surface area contributed by atoms with Crippen LogP contribution in [0.25, 0.3) is 10.1 Å². The molecule has 0 saturated heterocycles. The molecular weight excluding hydrogens is 273 g/mol. The smallest absolute Gasteiger partial charge is 0.347 e. The van der Waals surface area contributed by atoms with E-state index in [1.165, 1.54) is 0 Å². The van der Waals surface area contributed by atoms with Crippen molar-refractivity contribution in [3.8, 4) is 0 Å². The van der Waals surface area contributed by atoms with Crippen molar-refractivity contribution in [2.45, 2.75) is 0 Å². The maximum Gasteiger partial charge on any atom is 0.347 e. The van der Waals surface area contributed by atoms with Gasteiger partial charge in [-0.1, -0.05) is 11.6 Å². The van der Waals surface area contributed by atoms with Crippen molar-refractivity contribution in [3.63, 3.8) is 0 Å². The predicted molar refractivity (Wildman–Crippen MR) is 60.4 cm³/mol. The summed E-state index contributed by atoms with van der Waals surface area (Å²) in [6.45, 7) is 0. The number of hydrogen-bond acceptors (Lipinski definition) is 4. The van der Waals surface area contributed by atoms with Crippen molar-refractivity contribution in [3.05, 3.63) is 38.0 Å². The molecule has 0 aliphatic rings. The summed E-state index contributed by atoms with van der Waals surface area (Å²) in [7, 11) is 0. The van der Waals surface area contributed by atoms with Gasteiger partial charge in [0.05, 0.1) is 15.3 Å². The highest BCUT2D eigenvalue weighted by molar-refractivity contribution is 7.22. The van der Waals surface area contributed by atoms with E-state index in [-0.39, 0.29) is 25.7 Å². The van der Waals surface area contributed by atoms with Crippen LogP contribution < -0.4 is 0 Å².